The molecule has 6 nitrogen and oxygen atoms in total. The van der Waals surface area contributed by atoms with Gasteiger partial charge in [-0.25, -0.2) is 4.98 Å². The molecular formula is C20H19N3O3. The number of imidazole rings is 1. The van der Waals surface area contributed by atoms with Crippen molar-refractivity contribution in [2.45, 2.75) is 26.3 Å². The zero-order chi connectivity index (χ0) is 18.4. The Kier molecular flexibility index (Phi) is 3.68. The lowest BCUT2D eigenvalue weighted by atomic mass is 9.95. The van der Waals surface area contributed by atoms with Gasteiger partial charge in [-0.1, -0.05) is 18.6 Å². The van der Waals surface area contributed by atoms with Crippen LogP contribution in [0.15, 0.2) is 54.1 Å². The zero-order valence-electron chi connectivity index (χ0n) is 14.5. The second-order valence-corrected chi connectivity index (χ2v) is 6.47. The van der Waals surface area contributed by atoms with Gasteiger partial charge in [-0.05, 0) is 43.7 Å². The third-order valence-corrected chi connectivity index (χ3v) is 4.86. The monoisotopic (exact) mass is 349 g/mol. The lowest BCUT2D eigenvalue weighted by molar-refractivity contribution is -0.117. The molecule has 1 aromatic heterocycles. The van der Waals surface area contributed by atoms with Crippen molar-refractivity contribution in [1.82, 2.24) is 9.97 Å². The number of rotatable bonds is 3. The molecule has 4 rings (SSSR count). The van der Waals surface area contributed by atoms with E-state index in [2.05, 4.69) is 9.97 Å². The van der Waals surface area contributed by atoms with Crippen molar-refractivity contribution in [2.75, 3.05) is 4.90 Å². The standard InChI is InChI=1S/C20H19N3O3/c1-3-13-18(14-8-11(2)4-7-17(14)24)23(20(26)19(13)25)12-5-6-15-16(9-12)22-10-21-15/h4-10,18,24-25H,3H2,1-2H3,(H,21,22). The smallest absolute Gasteiger partial charge is 0.293 e. The number of phenolic OH excluding ortho intramolecular Hbond substituents is 1. The Morgan fingerprint density at radius 1 is 1.19 bits per heavy atom. The van der Waals surface area contributed by atoms with E-state index in [4.69, 9.17) is 0 Å². The molecule has 0 aliphatic carbocycles. The van der Waals surface area contributed by atoms with Crippen LogP contribution in [0.5, 0.6) is 5.75 Å². The van der Waals surface area contributed by atoms with Gasteiger partial charge >= 0.3 is 0 Å². The van der Waals surface area contributed by atoms with Crippen LogP contribution in [0.25, 0.3) is 11.0 Å². The summed E-state index contributed by atoms with van der Waals surface area (Å²) in [5, 5.41) is 20.9. The number of anilines is 1. The van der Waals surface area contributed by atoms with Crippen LogP contribution in [-0.4, -0.2) is 26.1 Å². The molecule has 0 saturated carbocycles. The first kappa shape index (κ1) is 16.2. The summed E-state index contributed by atoms with van der Waals surface area (Å²) in [5.41, 5.74) is 4.37. The minimum absolute atomic E-state index is 0.0971. The molecule has 1 amide bonds. The second-order valence-electron chi connectivity index (χ2n) is 6.47. The summed E-state index contributed by atoms with van der Waals surface area (Å²) < 4.78 is 0. The maximum Gasteiger partial charge on any atom is 0.293 e. The molecule has 0 fully saturated rings. The van der Waals surface area contributed by atoms with Crippen LogP contribution < -0.4 is 4.90 Å². The van der Waals surface area contributed by atoms with Crippen molar-refractivity contribution in [3.05, 3.63) is 65.2 Å². The number of fused-ring (bicyclic) bond motifs is 1. The molecule has 6 heteroatoms. The molecule has 1 aliphatic heterocycles. The van der Waals surface area contributed by atoms with E-state index in [-0.39, 0.29) is 11.5 Å². The Morgan fingerprint density at radius 3 is 2.77 bits per heavy atom. The van der Waals surface area contributed by atoms with Gasteiger partial charge in [0.25, 0.3) is 5.91 Å². The van der Waals surface area contributed by atoms with E-state index in [0.29, 0.717) is 23.2 Å². The first-order valence-electron chi connectivity index (χ1n) is 8.49. The number of amides is 1. The van der Waals surface area contributed by atoms with E-state index < -0.39 is 11.9 Å². The first-order valence-corrected chi connectivity index (χ1v) is 8.49. The minimum Gasteiger partial charge on any atom is -0.508 e. The molecular weight excluding hydrogens is 330 g/mol. The Labute approximate surface area is 150 Å². The van der Waals surface area contributed by atoms with Gasteiger partial charge in [0, 0.05) is 16.8 Å². The van der Waals surface area contributed by atoms with Crippen LogP contribution in [0.2, 0.25) is 0 Å². The summed E-state index contributed by atoms with van der Waals surface area (Å²) in [5.74, 6) is -0.622. The molecule has 0 saturated heterocycles. The molecule has 0 radical (unpaired) electrons. The number of aryl methyl sites for hydroxylation is 1. The fourth-order valence-electron chi connectivity index (χ4n) is 3.57. The highest BCUT2D eigenvalue weighted by molar-refractivity contribution is 6.09. The van der Waals surface area contributed by atoms with Crippen molar-refractivity contribution in [2.24, 2.45) is 0 Å². The third kappa shape index (κ3) is 2.34. The Morgan fingerprint density at radius 2 is 2.00 bits per heavy atom. The van der Waals surface area contributed by atoms with Gasteiger partial charge in [-0.3, -0.25) is 9.69 Å². The molecule has 1 unspecified atom stereocenters. The van der Waals surface area contributed by atoms with E-state index in [9.17, 15) is 15.0 Å². The number of carbonyl (C=O) groups is 1. The quantitative estimate of drug-likeness (QED) is 0.669. The number of aromatic amines is 1. The molecule has 132 valence electrons. The molecule has 1 aliphatic rings. The highest BCUT2D eigenvalue weighted by Gasteiger charge is 2.41. The number of nitrogens with zero attached hydrogens (tertiary/aromatic N) is 2. The van der Waals surface area contributed by atoms with Crippen LogP contribution >= 0.6 is 0 Å². The summed E-state index contributed by atoms with van der Waals surface area (Å²) in [6.07, 6.45) is 2.09. The summed E-state index contributed by atoms with van der Waals surface area (Å²) in [6, 6.07) is 10.2. The maximum absolute atomic E-state index is 12.8. The molecule has 3 aromatic rings. The number of aliphatic hydroxyl groups is 1. The molecule has 3 N–H and O–H groups in total. The van der Waals surface area contributed by atoms with Gasteiger partial charge in [0.1, 0.15) is 5.75 Å². The fourth-order valence-corrected chi connectivity index (χ4v) is 3.57. The van der Waals surface area contributed by atoms with Crippen molar-refractivity contribution in [3.8, 4) is 5.75 Å². The average Bonchev–Trinajstić information content (AvgIpc) is 3.19. The normalized spacial score (nSPS) is 17.5. The van der Waals surface area contributed by atoms with Crippen LogP contribution in [0, 0.1) is 6.92 Å². The molecule has 26 heavy (non-hydrogen) atoms. The summed E-state index contributed by atoms with van der Waals surface area (Å²) >= 11 is 0. The Bertz CT molecular complexity index is 1050. The number of phenols is 1. The van der Waals surface area contributed by atoms with E-state index in [0.717, 1.165) is 16.6 Å². The number of aliphatic hydroxyl groups excluding tert-OH is 1. The van der Waals surface area contributed by atoms with Gasteiger partial charge < -0.3 is 15.2 Å². The summed E-state index contributed by atoms with van der Waals surface area (Å²) in [6.45, 7) is 3.81. The highest BCUT2D eigenvalue weighted by atomic mass is 16.3. The number of aromatic hydroxyl groups is 1. The van der Waals surface area contributed by atoms with E-state index in [1.54, 1.807) is 18.5 Å². The van der Waals surface area contributed by atoms with Gasteiger partial charge in [0.2, 0.25) is 0 Å². The van der Waals surface area contributed by atoms with Crippen molar-refractivity contribution >= 4 is 22.6 Å². The predicted molar refractivity (Wildman–Crippen MR) is 99.1 cm³/mol. The zero-order valence-corrected chi connectivity index (χ0v) is 14.5. The predicted octanol–water partition coefficient (Wildman–Crippen LogP) is 3.89. The van der Waals surface area contributed by atoms with Crippen LogP contribution in [0.3, 0.4) is 0 Å². The lowest BCUT2D eigenvalue weighted by Crippen LogP contribution is -2.30. The fraction of sp³-hybridized carbons (Fsp3) is 0.200. The van der Waals surface area contributed by atoms with E-state index in [1.165, 1.54) is 4.90 Å². The number of hydrogen-bond donors (Lipinski definition) is 3. The molecule has 2 aromatic carbocycles. The SMILES string of the molecule is CCC1=C(O)C(=O)N(c2ccc3[nH]cnc3c2)C1c1cc(C)ccc1O. The van der Waals surface area contributed by atoms with Gasteiger partial charge in [-0.2, -0.15) is 0 Å². The number of hydrogen-bond acceptors (Lipinski definition) is 4. The number of carbonyl (C=O) groups excluding carboxylic acids is 1. The lowest BCUT2D eigenvalue weighted by Gasteiger charge is -2.28. The van der Waals surface area contributed by atoms with Crippen LogP contribution in [0.4, 0.5) is 5.69 Å². The number of benzene rings is 2. The maximum atomic E-state index is 12.8. The van der Waals surface area contributed by atoms with Crippen LogP contribution in [-0.2, 0) is 4.79 Å². The summed E-state index contributed by atoms with van der Waals surface area (Å²) in [7, 11) is 0. The highest BCUT2D eigenvalue weighted by Crippen LogP contribution is 2.44. The second kappa shape index (κ2) is 5.91. The number of nitrogens with one attached hydrogen (secondary N) is 1. The molecule has 0 bridgehead atoms. The van der Waals surface area contributed by atoms with Crippen molar-refractivity contribution in [3.63, 3.8) is 0 Å². The van der Waals surface area contributed by atoms with Crippen molar-refractivity contribution < 1.29 is 15.0 Å². The van der Waals surface area contributed by atoms with E-state index in [1.807, 2.05) is 38.1 Å². The molecule has 0 spiro atoms. The van der Waals surface area contributed by atoms with E-state index >= 15 is 0 Å². The van der Waals surface area contributed by atoms with Gasteiger partial charge in [-0.15, -0.1) is 0 Å². The Balaban J connectivity index is 1.91. The molecule has 1 atom stereocenters. The minimum atomic E-state index is -0.552. The average molecular weight is 349 g/mol. The van der Waals surface area contributed by atoms with Crippen LogP contribution in [0.1, 0.15) is 30.5 Å². The van der Waals surface area contributed by atoms with Gasteiger partial charge in [0.15, 0.2) is 5.76 Å². The first-order chi connectivity index (χ1) is 12.5. The van der Waals surface area contributed by atoms with Crippen molar-refractivity contribution in [1.29, 1.82) is 0 Å². The number of H-pyrrole nitrogens is 1. The molecule has 2 heterocycles. The topological polar surface area (TPSA) is 89.5 Å². The Hall–Kier alpha value is -3.28. The van der Waals surface area contributed by atoms with Gasteiger partial charge in [0.05, 0.1) is 23.4 Å². The largest absolute Gasteiger partial charge is 0.508 e. The third-order valence-electron chi connectivity index (χ3n) is 4.86. The summed E-state index contributed by atoms with van der Waals surface area (Å²) in [4.78, 5) is 21.6. The number of aromatic nitrogens is 2.